The molecule has 0 saturated heterocycles. The fourth-order valence-corrected chi connectivity index (χ4v) is 2.53. The van der Waals surface area contributed by atoms with Gasteiger partial charge in [-0.3, -0.25) is 4.79 Å². The van der Waals surface area contributed by atoms with Crippen molar-refractivity contribution in [1.29, 1.82) is 0 Å². The number of hydrogen-bond donors (Lipinski definition) is 1. The Kier molecular flexibility index (Phi) is 4.16. The molecule has 3 aromatic rings. The Morgan fingerprint density at radius 1 is 1.04 bits per heavy atom. The van der Waals surface area contributed by atoms with Crippen LogP contribution < -0.4 is 5.32 Å². The molecule has 5 heteroatoms. The molecule has 0 bridgehead atoms. The summed E-state index contributed by atoms with van der Waals surface area (Å²) in [4.78, 5) is 12.6. The van der Waals surface area contributed by atoms with E-state index in [4.69, 9.17) is 0 Å². The Hall–Kier alpha value is -2.95. The van der Waals surface area contributed by atoms with Crippen LogP contribution in [0.4, 0.5) is 10.2 Å². The minimum absolute atomic E-state index is 0.195. The Bertz CT molecular complexity index is 897. The molecule has 0 aliphatic carbocycles. The van der Waals surface area contributed by atoms with Crippen molar-refractivity contribution >= 4 is 11.7 Å². The fraction of sp³-hybridized carbons (Fsp3) is 0.158. The zero-order valence-electron chi connectivity index (χ0n) is 13.8. The third-order valence-electron chi connectivity index (χ3n) is 3.78. The maximum Gasteiger partial charge on any atom is 0.257 e. The van der Waals surface area contributed by atoms with Crippen LogP contribution in [0.1, 0.15) is 27.2 Å². The molecular weight excluding hydrogens is 305 g/mol. The lowest BCUT2D eigenvalue weighted by Crippen LogP contribution is -2.16. The minimum Gasteiger partial charge on any atom is -0.306 e. The highest BCUT2D eigenvalue weighted by Gasteiger charge is 2.14. The normalized spacial score (nSPS) is 10.7. The Balaban J connectivity index is 1.94. The first-order valence-electron chi connectivity index (χ1n) is 7.65. The fourth-order valence-electron chi connectivity index (χ4n) is 2.53. The third-order valence-corrected chi connectivity index (χ3v) is 3.78. The van der Waals surface area contributed by atoms with E-state index < -0.39 is 0 Å². The van der Waals surface area contributed by atoms with E-state index in [-0.39, 0.29) is 11.7 Å². The lowest BCUT2D eigenvalue weighted by atomic mass is 10.1. The van der Waals surface area contributed by atoms with Crippen LogP contribution in [0.15, 0.2) is 48.5 Å². The predicted octanol–water partition coefficient (Wildman–Crippen LogP) is 4.19. The molecule has 1 N–H and O–H groups in total. The number of aryl methyl sites for hydroxylation is 3. The summed E-state index contributed by atoms with van der Waals surface area (Å²) < 4.78 is 14.7. The second-order valence-electron chi connectivity index (χ2n) is 5.83. The van der Waals surface area contributed by atoms with Crippen LogP contribution in [-0.4, -0.2) is 15.7 Å². The minimum atomic E-state index is -0.316. The van der Waals surface area contributed by atoms with Crippen LogP contribution >= 0.6 is 0 Å². The summed E-state index contributed by atoms with van der Waals surface area (Å²) in [5.41, 5.74) is 3.99. The largest absolute Gasteiger partial charge is 0.306 e. The van der Waals surface area contributed by atoms with Gasteiger partial charge in [0.05, 0.1) is 11.4 Å². The van der Waals surface area contributed by atoms with Gasteiger partial charge in [0.25, 0.3) is 5.91 Å². The SMILES string of the molecule is Cc1ccc(C)c(C(=O)Nc2cc(C)nn2-c2ccc(F)cc2)c1. The topological polar surface area (TPSA) is 46.9 Å². The van der Waals surface area contributed by atoms with Crippen molar-refractivity contribution in [3.63, 3.8) is 0 Å². The van der Waals surface area contributed by atoms with Crippen molar-refractivity contribution in [3.05, 3.63) is 76.7 Å². The van der Waals surface area contributed by atoms with Crippen LogP contribution in [0, 0.1) is 26.6 Å². The van der Waals surface area contributed by atoms with E-state index in [1.807, 2.05) is 39.0 Å². The standard InChI is InChI=1S/C19H18FN3O/c1-12-4-5-13(2)17(10-12)19(24)21-18-11-14(3)22-23(18)16-8-6-15(20)7-9-16/h4-11H,1-3H3,(H,21,24). The van der Waals surface area contributed by atoms with E-state index in [1.165, 1.54) is 12.1 Å². The number of benzene rings is 2. The molecule has 122 valence electrons. The average molecular weight is 323 g/mol. The molecule has 0 fully saturated rings. The maximum atomic E-state index is 13.1. The van der Waals surface area contributed by atoms with Crippen molar-refractivity contribution in [2.75, 3.05) is 5.32 Å². The van der Waals surface area contributed by atoms with Gasteiger partial charge in [-0.2, -0.15) is 5.10 Å². The highest BCUT2D eigenvalue weighted by Crippen LogP contribution is 2.19. The van der Waals surface area contributed by atoms with Gasteiger partial charge in [0.15, 0.2) is 0 Å². The van der Waals surface area contributed by atoms with Gasteiger partial charge in [-0.15, -0.1) is 0 Å². The summed E-state index contributed by atoms with van der Waals surface area (Å²) in [5.74, 6) is 0.0353. The van der Waals surface area contributed by atoms with Crippen LogP contribution in [0.5, 0.6) is 0 Å². The van der Waals surface area contributed by atoms with Gasteiger partial charge in [0, 0.05) is 11.6 Å². The average Bonchev–Trinajstić information content (AvgIpc) is 2.91. The molecule has 0 spiro atoms. The van der Waals surface area contributed by atoms with E-state index in [9.17, 15) is 9.18 Å². The summed E-state index contributed by atoms with van der Waals surface area (Å²) in [5, 5.41) is 7.27. The van der Waals surface area contributed by atoms with Crippen LogP contribution in [-0.2, 0) is 0 Å². The van der Waals surface area contributed by atoms with Crippen LogP contribution in [0.3, 0.4) is 0 Å². The summed E-state index contributed by atoms with van der Waals surface area (Å²) in [6.45, 7) is 5.69. The second-order valence-corrected chi connectivity index (χ2v) is 5.83. The quantitative estimate of drug-likeness (QED) is 0.785. The zero-order chi connectivity index (χ0) is 17.3. The lowest BCUT2D eigenvalue weighted by molar-refractivity contribution is 0.102. The molecule has 3 rings (SSSR count). The number of aromatic nitrogens is 2. The Morgan fingerprint density at radius 3 is 2.46 bits per heavy atom. The van der Waals surface area contributed by atoms with E-state index in [2.05, 4.69) is 10.4 Å². The van der Waals surface area contributed by atoms with Gasteiger partial charge in [0.1, 0.15) is 11.6 Å². The van der Waals surface area contributed by atoms with Gasteiger partial charge < -0.3 is 5.32 Å². The number of carbonyl (C=O) groups excluding carboxylic acids is 1. The molecule has 1 aromatic heterocycles. The molecule has 4 nitrogen and oxygen atoms in total. The molecule has 0 radical (unpaired) electrons. The highest BCUT2D eigenvalue weighted by atomic mass is 19.1. The zero-order valence-corrected chi connectivity index (χ0v) is 13.8. The van der Waals surface area contributed by atoms with Crippen molar-refractivity contribution in [3.8, 4) is 5.69 Å². The number of anilines is 1. The molecular formula is C19H18FN3O. The number of amides is 1. The molecule has 0 unspecified atom stereocenters. The lowest BCUT2D eigenvalue weighted by Gasteiger charge is -2.11. The molecule has 1 heterocycles. The number of rotatable bonds is 3. The van der Waals surface area contributed by atoms with Gasteiger partial charge >= 0.3 is 0 Å². The van der Waals surface area contributed by atoms with Gasteiger partial charge in [-0.25, -0.2) is 9.07 Å². The summed E-state index contributed by atoms with van der Waals surface area (Å²) in [6.07, 6.45) is 0. The molecule has 0 atom stereocenters. The number of hydrogen-bond acceptors (Lipinski definition) is 2. The van der Waals surface area contributed by atoms with E-state index in [1.54, 1.807) is 22.9 Å². The van der Waals surface area contributed by atoms with E-state index in [0.29, 0.717) is 17.1 Å². The molecule has 24 heavy (non-hydrogen) atoms. The first kappa shape index (κ1) is 15.9. The number of carbonyl (C=O) groups is 1. The van der Waals surface area contributed by atoms with Gasteiger partial charge in [0.2, 0.25) is 0 Å². The second kappa shape index (κ2) is 6.28. The molecule has 0 aliphatic heterocycles. The van der Waals surface area contributed by atoms with Gasteiger partial charge in [-0.05, 0) is 56.7 Å². The monoisotopic (exact) mass is 323 g/mol. The van der Waals surface area contributed by atoms with Crippen molar-refractivity contribution in [2.45, 2.75) is 20.8 Å². The first-order chi connectivity index (χ1) is 11.4. The number of nitrogens with zero attached hydrogens (tertiary/aromatic N) is 2. The van der Waals surface area contributed by atoms with Crippen LogP contribution in [0.25, 0.3) is 5.69 Å². The molecule has 2 aromatic carbocycles. The summed E-state index contributed by atoms with van der Waals surface area (Å²) in [6, 6.07) is 13.5. The van der Waals surface area contributed by atoms with Crippen molar-refractivity contribution < 1.29 is 9.18 Å². The third kappa shape index (κ3) is 3.20. The van der Waals surface area contributed by atoms with E-state index in [0.717, 1.165) is 16.8 Å². The first-order valence-corrected chi connectivity index (χ1v) is 7.65. The molecule has 0 saturated carbocycles. The number of halogens is 1. The Morgan fingerprint density at radius 2 is 1.75 bits per heavy atom. The van der Waals surface area contributed by atoms with E-state index >= 15 is 0 Å². The van der Waals surface area contributed by atoms with Crippen LogP contribution in [0.2, 0.25) is 0 Å². The predicted molar refractivity (Wildman–Crippen MR) is 92.1 cm³/mol. The summed E-state index contributed by atoms with van der Waals surface area (Å²) in [7, 11) is 0. The van der Waals surface area contributed by atoms with Crippen molar-refractivity contribution in [1.82, 2.24) is 9.78 Å². The summed E-state index contributed by atoms with van der Waals surface area (Å²) >= 11 is 0. The molecule has 0 aliphatic rings. The highest BCUT2D eigenvalue weighted by molar-refractivity contribution is 6.05. The Labute approximate surface area is 139 Å². The smallest absolute Gasteiger partial charge is 0.257 e. The maximum absolute atomic E-state index is 13.1. The van der Waals surface area contributed by atoms with Gasteiger partial charge in [-0.1, -0.05) is 17.7 Å². The van der Waals surface area contributed by atoms with Crippen molar-refractivity contribution in [2.24, 2.45) is 0 Å². The molecule has 1 amide bonds. The number of nitrogens with one attached hydrogen (secondary N) is 1.